The fourth-order valence-electron chi connectivity index (χ4n) is 1.56. The molecule has 1 amide bonds. The van der Waals surface area contributed by atoms with Crippen LogP contribution in [0.1, 0.15) is 13.8 Å². The number of para-hydroxylation sites is 1. The van der Waals surface area contributed by atoms with Gasteiger partial charge in [-0.05, 0) is 18.1 Å². The van der Waals surface area contributed by atoms with Crippen LogP contribution in [0.5, 0.6) is 0 Å². The van der Waals surface area contributed by atoms with E-state index in [4.69, 9.17) is 0 Å². The highest BCUT2D eigenvalue weighted by atomic mass is 32.2. The molecule has 106 valence electrons. The van der Waals surface area contributed by atoms with Gasteiger partial charge in [0.2, 0.25) is 0 Å². The van der Waals surface area contributed by atoms with Crippen LogP contribution in [0.4, 0.5) is 5.69 Å². The maximum absolute atomic E-state index is 12.1. The molecule has 0 aliphatic heterocycles. The van der Waals surface area contributed by atoms with Gasteiger partial charge in [-0.25, -0.2) is 0 Å². The van der Waals surface area contributed by atoms with Crippen molar-refractivity contribution < 1.29 is 17.4 Å². The Kier molecular flexibility index (Phi) is 5.50. The minimum atomic E-state index is -3.61. The first kappa shape index (κ1) is 15.7. The highest BCUT2D eigenvalue weighted by molar-refractivity contribution is 7.86. The molecule has 0 radical (unpaired) electrons. The molecule has 0 aromatic heterocycles. The molecule has 0 aliphatic rings. The van der Waals surface area contributed by atoms with Gasteiger partial charge in [0.15, 0.2) is 0 Å². The first-order valence-corrected chi connectivity index (χ1v) is 7.81. The van der Waals surface area contributed by atoms with Crippen LogP contribution >= 0.6 is 0 Å². The highest BCUT2D eigenvalue weighted by Gasteiger charge is 2.18. The third kappa shape index (κ3) is 5.85. The first-order chi connectivity index (χ1) is 8.79. The van der Waals surface area contributed by atoms with Gasteiger partial charge in [-0.1, -0.05) is 32.0 Å². The molecule has 1 aromatic carbocycles. The van der Waals surface area contributed by atoms with Gasteiger partial charge in [0, 0.05) is 12.2 Å². The van der Waals surface area contributed by atoms with Gasteiger partial charge < -0.3 is 4.90 Å². The summed E-state index contributed by atoms with van der Waals surface area (Å²) in [5.41, 5.74) is 0.735. The van der Waals surface area contributed by atoms with Crippen LogP contribution in [-0.4, -0.2) is 33.7 Å². The molecule has 5 nitrogen and oxygen atoms in total. The molecule has 1 aromatic rings. The number of carbonyl (C=O) groups is 1. The van der Waals surface area contributed by atoms with E-state index in [1.54, 1.807) is 12.1 Å². The molecule has 19 heavy (non-hydrogen) atoms. The molecule has 0 atom stereocenters. The van der Waals surface area contributed by atoms with Gasteiger partial charge in [0.05, 0.1) is 6.26 Å². The SMILES string of the molecule is CC(C)CN(C(=O)COS(C)(=O)=O)c1ccccc1. The maximum atomic E-state index is 12.1. The summed E-state index contributed by atoms with van der Waals surface area (Å²) in [5.74, 6) is -0.104. The number of anilines is 1. The topological polar surface area (TPSA) is 63.7 Å². The lowest BCUT2D eigenvalue weighted by molar-refractivity contribution is -0.120. The second kappa shape index (κ2) is 6.68. The lowest BCUT2D eigenvalue weighted by Crippen LogP contribution is -2.37. The van der Waals surface area contributed by atoms with Crippen molar-refractivity contribution in [2.75, 3.05) is 24.3 Å². The second-order valence-electron chi connectivity index (χ2n) is 4.70. The summed E-state index contributed by atoms with van der Waals surface area (Å²) in [6.07, 6.45) is 0.926. The molecule has 0 aliphatic carbocycles. The third-order valence-electron chi connectivity index (χ3n) is 2.31. The van der Waals surface area contributed by atoms with Gasteiger partial charge in [0.25, 0.3) is 16.0 Å². The average Bonchev–Trinajstić information content (AvgIpc) is 2.33. The number of hydrogen-bond donors (Lipinski definition) is 0. The van der Waals surface area contributed by atoms with Gasteiger partial charge in [-0.3, -0.25) is 8.98 Å². The standard InChI is InChI=1S/C13H19NO4S/c1-11(2)9-14(12-7-5-4-6-8-12)13(15)10-18-19(3,16)17/h4-8,11H,9-10H2,1-3H3. The van der Waals surface area contributed by atoms with E-state index in [0.29, 0.717) is 6.54 Å². The van der Waals surface area contributed by atoms with Crippen molar-refractivity contribution in [2.45, 2.75) is 13.8 Å². The molecule has 0 heterocycles. The van der Waals surface area contributed by atoms with E-state index in [1.165, 1.54) is 4.90 Å². The maximum Gasteiger partial charge on any atom is 0.264 e. The van der Waals surface area contributed by atoms with Gasteiger partial charge >= 0.3 is 0 Å². The van der Waals surface area contributed by atoms with Gasteiger partial charge in [-0.2, -0.15) is 8.42 Å². The fraction of sp³-hybridized carbons (Fsp3) is 0.462. The summed E-state index contributed by atoms with van der Waals surface area (Å²) in [7, 11) is -3.61. The minimum Gasteiger partial charge on any atom is -0.310 e. The Balaban J connectivity index is 2.83. The second-order valence-corrected chi connectivity index (χ2v) is 6.34. The summed E-state index contributed by atoms with van der Waals surface area (Å²) < 4.78 is 26.4. The third-order valence-corrected chi connectivity index (χ3v) is 2.86. The predicted molar refractivity (Wildman–Crippen MR) is 74.4 cm³/mol. The van der Waals surface area contributed by atoms with E-state index in [-0.39, 0.29) is 11.8 Å². The summed E-state index contributed by atoms with van der Waals surface area (Å²) in [6.45, 7) is 4.01. The highest BCUT2D eigenvalue weighted by Crippen LogP contribution is 2.15. The van der Waals surface area contributed by atoms with Gasteiger partial charge in [0.1, 0.15) is 6.61 Å². The van der Waals surface area contributed by atoms with Crippen LogP contribution in [0.25, 0.3) is 0 Å². The zero-order valence-corrected chi connectivity index (χ0v) is 12.2. The molecular weight excluding hydrogens is 266 g/mol. The van der Waals surface area contributed by atoms with Crippen LogP contribution in [0, 0.1) is 5.92 Å². The zero-order valence-electron chi connectivity index (χ0n) is 11.4. The Labute approximate surface area is 114 Å². The molecule has 0 fully saturated rings. The smallest absolute Gasteiger partial charge is 0.264 e. The zero-order chi connectivity index (χ0) is 14.5. The fourth-order valence-corrected chi connectivity index (χ4v) is 1.87. The first-order valence-electron chi connectivity index (χ1n) is 5.99. The number of nitrogens with zero attached hydrogens (tertiary/aromatic N) is 1. The molecular formula is C13H19NO4S. The van der Waals surface area contributed by atoms with Crippen molar-refractivity contribution in [3.8, 4) is 0 Å². The molecule has 6 heteroatoms. The van der Waals surface area contributed by atoms with Crippen molar-refractivity contribution in [3.63, 3.8) is 0 Å². The van der Waals surface area contributed by atoms with Crippen LogP contribution in [0.2, 0.25) is 0 Å². The van der Waals surface area contributed by atoms with E-state index >= 15 is 0 Å². The molecule has 0 saturated heterocycles. The van der Waals surface area contributed by atoms with Crippen LogP contribution < -0.4 is 4.90 Å². The quantitative estimate of drug-likeness (QED) is 0.746. The Morgan fingerprint density at radius 2 is 1.84 bits per heavy atom. The lowest BCUT2D eigenvalue weighted by atomic mass is 10.2. The molecule has 0 bridgehead atoms. The predicted octanol–water partition coefficient (Wildman–Crippen LogP) is 1.65. The van der Waals surface area contributed by atoms with E-state index in [1.807, 2.05) is 32.0 Å². The van der Waals surface area contributed by atoms with E-state index in [0.717, 1.165) is 11.9 Å². The van der Waals surface area contributed by atoms with Crippen molar-refractivity contribution in [3.05, 3.63) is 30.3 Å². The molecule has 0 N–H and O–H groups in total. The molecule has 1 rings (SSSR count). The number of rotatable bonds is 6. The monoisotopic (exact) mass is 285 g/mol. The Bertz CT molecular complexity index is 511. The van der Waals surface area contributed by atoms with E-state index in [2.05, 4.69) is 4.18 Å². The summed E-state index contributed by atoms with van der Waals surface area (Å²) in [6, 6.07) is 9.12. The minimum absolute atomic E-state index is 0.266. The average molecular weight is 285 g/mol. The van der Waals surface area contributed by atoms with Gasteiger partial charge in [-0.15, -0.1) is 0 Å². The van der Waals surface area contributed by atoms with Crippen molar-refractivity contribution >= 4 is 21.7 Å². The normalized spacial score (nSPS) is 11.6. The lowest BCUT2D eigenvalue weighted by Gasteiger charge is -2.24. The summed E-state index contributed by atoms with van der Waals surface area (Å²) in [5, 5.41) is 0. The number of amides is 1. The van der Waals surface area contributed by atoms with Crippen LogP contribution in [-0.2, 0) is 19.1 Å². The summed E-state index contributed by atoms with van der Waals surface area (Å²) >= 11 is 0. The number of hydrogen-bond acceptors (Lipinski definition) is 4. The Morgan fingerprint density at radius 1 is 1.26 bits per heavy atom. The van der Waals surface area contributed by atoms with E-state index < -0.39 is 16.7 Å². The Morgan fingerprint density at radius 3 is 2.32 bits per heavy atom. The summed E-state index contributed by atoms with van der Waals surface area (Å²) in [4.78, 5) is 13.6. The molecule has 0 spiro atoms. The number of carbonyl (C=O) groups excluding carboxylic acids is 1. The number of benzene rings is 1. The van der Waals surface area contributed by atoms with Crippen molar-refractivity contribution in [1.82, 2.24) is 0 Å². The van der Waals surface area contributed by atoms with Crippen molar-refractivity contribution in [2.24, 2.45) is 5.92 Å². The molecule has 0 unspecified atom stereocenters. The van der Waals surface area contributed by atoms with E-state index in [9.17, 15) is 13.2 Å². The van der Waals surface area contributed by atoms with Crippen LogP contribution in [0.3, 0.4) is 0 Å². The molecule has 0 saturated carbocycles. The Hall–Kier alpha value is -1.40. The van der Waals surface area contributed by atoms with Crippen molar-refractivity contribution in [1.29, 1.82) is 0 Å². The largest absolute Gasteiger partial charge is 0.310 e. The van der Waals surface area contributed by atoms with Crippen LogP contribution in [0.15, 0.2) is 30.3 Å².